The van der Waals surface area contributed by atoms with Gasteiger partial charge in [-0.3, -0.25) is 0 Å². The summed E-state index contributed by atoms with van der Waals surface area (Å²) in [6.07, 6.45) is 3.07. The molecule has 0 N–H and O–H groups in total. The van der Waals surface area contributed by atoms with Crippen LogP contribution in [0.1, 0.15) is 23.7 Å². The highest BCUT2D eigenvalue weighted by Gasteiger charge is 2.13. The first-order chi connectivity index (χ1) is 8.17. The Balaban J connectivity index is 2.65. The van der Waals surface area contributed by atoms with Crippen LogP contribution in [0.4, 0.5) is 0 Å². The topological polar surface area (TPSA) is 31.2 Å². The summed E-state index contributed by atoms with van der Waals surface area (Å²) >= 11 is 3.43. The molecule has 0 bridgehead atoms. The van der Waals surface area contributed by atoms with Gasteiger partial charge in [0, 0.05) is 28.1 Å². The van der Waals surface area contributed by atoms with Gasteiger partial charge in [-0.25, -0.2) is 4.79 Å². The van der Waals surface area contributed by atoms with Crippen LogP contribution in [0.5, 0.6) is 0 Å². The molecular weight excluding hydrogens is 282 g/mol. The van der Waals surface area contributed by atoms with E-state index in [0.29, 0.717) is 5.56 Å². The Hall–Kier alpha value is -1.29. The second kappa shape index (κ2) is 4.92. The van der Waals surface area contributed by atoms with E-state index in [1.165, 1.54) is 7.11 Å². The molecule has 0 aliphatic rings. The van der Waals surface area contributed by atoms with Crippen LogP contribution in [0.3, 0.4) is 0 Å². The van der Waals surface area contributed by atoms with Gasteiger partial charge in [0.25, 0.3) is 0 Å². The number of methoxy groups -OCH3 is 1. The van der Waals surface area contributed by atoms with Gasteiger partial charge in [-0.05, 0) is 24.6 Å². The number of halogens is 1. The lowest BCUT2D eigenvalue weighted by Gasteiger charge is -2.06. The van der Waals surface area contributed by atoms with Crippen molar-refractivity contribution in [3.63, 3.8) is 0 Å². The molecule has 90 valence electrons. The van der Waals surface area contributed by atoms with E-state index in [4.69, 9.17) is 4.74 Å². The molecule has 0 amide bonds. The molecule has 2 aromatic rings. The SMILES string of the molecule is CCCn1ccc2c(C(=O)OC)cc(Br)cc21. The van der Waals surface area contributed by atoms with E-state index in [0.717, 1.165) is 28.3 Å². The number of carbonyl (C=O) groups is 1. The summed E-state index contributed by atoms with van der Waals surface area (Å²) in [4.78, 5) is 11.7. The van der Waals surface area contributed by atoms with Crippen LogP contribution in [0.2, 0.25) is 0 Å². The predicted molar refractivity (Wildman–Crippen MR) is 71.3 cm³/mol. The first kappa shape index (κ1) is 12.2. The summed E-state index contributed by atoms with van der Waals surface area (Å²) in [5.41, 5.74) is 1.66. The van der Waals surface area contributed by atoms with Crippen LogP contribution >= 0.6 is 15.9 Å². The Kier molecular flexibility index (Phi) is 3.52. The first-order valence-corrected chi connectivity index (χ1v) is 6.33. The van der Waals surface area contributed by atoms with Gasteiger partial charge < -0.3 is 9.30 Å². The molecule has 0 aliphatic heterocycles. The molecule has 1 aromatic heterocycles. The molecule has 17 heavy (non-hydrogen) atoms. The van der Waals surface area contributed by atoms with Gasteiger partial charge in [-0.1, -0.05) is 22.9 Å². The van der Waals surface area contributed by atoms with Crippen LogP contribution in [-0.4, -0.2) is 17.6 Å². The molecule has 0 aliphatic carbocycles. The number of hydrogen-bond acceptors (Lipinski definition) is 2. The number of rotatable bonds is 3. The predicted octanol–water partition coefficient (Wildman–Crippen LogP) is 3.60. The van der Waals surface area contributed by atoms with Gasteiger partial charge >= 0.3 is 5.97 Å². The van der Waals surface area contributed by atoms with Crippen LogP contribution in [-0.2, 0) is 11.3 Å². The molecule has 0 spiro atoms. The van der Waals surface area contributed by atoms with E-state index in [2.05, 4.69) is 27.4 Å². The zero-order valence-corrected chi connectivity index (χ0v) is 11.5. The molecule has 0 saturated heterocycles. The van der Waals surface area contributed by atoms with Gasteiger partial charge in [-0.15, -0.1) is 0 Å². The van der Waals surface area contributed by atoms with Crippen molar-refractivity contribution >= 4 is 32.8 Å². The number of carbonyl (C=O) groups excluding carboxylic acids is 1. The Morgan fingerprint density at radius 2 is 2.24 bits per heavy atom. The minimum Gasteiger partial charge on any atom is -0.465 e. The van der Waals surface area contributed by atoms with Gasteiger partial charge in [-0.2, -0.15) is 0 Å². The lowest BCUT2D eigenvalue weighted by atomic mass is 10.1. The number of esters is 1. The molecule has 1 aromatic carbocycles. The highest BCUT2D eigenvalue weighted by Crippen LogP contribution is 2.26. The average molecular weight is 296 g/mol. The number of nitrogens with zero attached hydrogens (tertiary/aromatic N) is 1. The molecule has 0 fully saturated rings. The number of fused-ring (bicyclic) bond motifs is 1. The highest BCUT2D eigenvalue weighted by molar-refractivity contribution is 9.10. The normalized spacial score (nSPS) is 10.8. The second-order valence-corrected chi connectivity index (χ2v) is 4.80. The van der Waals surface area contributed by atoms with Crippen LogP contribution in [0.15, 0.2) is 28.9 Å². The smallest absolute Gasteiger partial charge is 0.338 e. The van der Waals surface area contributed by atoms with Gasteiger partial charge in [0.1, 0.15) is 0 Å². The van der Waals surface area contributed by atoms with E-state index in [-0.39, 0.29) is 5.97 Å². The maximum absolute atomic E-state index is 11.7. The van der Waals surface area contributed by atoms with Crippen molar-refractivity contribution in [1.29, 1.82) is 0 Å². The van der Waals surface area contributed by atoms with Crippen molar-refractivity contribution in [2.75, 3.05) is 7.11 Å². The molecule has 4 heteroatoms. The third-order valence-electron chi connectivity index (χ3n) is 2.72. The molecule has 0 unspecified atom stereocenters. The fourth-order valence-corrected chi connectivity index (χ4v) is 2.42. The molecule has 0 saturated carbocycles. The number of aryl methyl sites for hydroxylation is 1. The van der Waals surface area contributed by atoms with Crippen molar-refractivity contribution in [2.45, 2.75) is 19.9 Å². The monoisotopic (exact) mass is 295 g/mol. The van der Waals surface area contributed by atoms with Crippen molar-refractivity contribution < 1.29 is 9.53 Å². The van der Waals surface area contributed by atoms with Crippen LogP contribution < -0.4 is 0 Å². The molecule has 0 atom stereocenters. The number of benzene rings is 1. The third kappa shape index (κ3) is 2.22. The summed E-state index contributed by atoms with van der Waals surface area (Å²) in [6, 6.07) is 5.78. The van der Waals surface area contributed by atoms with Crippen LogP contribution in [0, 0.1) is 0 Å². The van der Waals surface area contributed by atoms with Gasteiger partial charge in [0.05, 0.1) is 12.7 Å². The van der Waals surface area contributed by atoms with Gasteiger partial charge in [0.2, 0.25) is 0 Å². The minimum atomic E-state index is -0.300. The third-order valence-corrected chi connectivity index (χ3v) is 3.18. The minimum absolute atomic E-state index is 0.300. The molecule has 0 radical (unpaired) electrons. The molecular formula is C13H14BrNO2. The summed E-state index contributed by atoms with van der Waals surface area (Å²) in [5.74, 6) is -0.300. The quantitative estimate of drug-likeness (QED) is 0.810. The molecule has 1 heterocycles. The molecule has 2 rings (SSSR count). The largest absolute Gasteiger partial charge is 0.465 e. The Bertz CT molecular complexity index is 560. The number of hydrogen-bond donors (Lipinski definition) is 0. The van der Waals surface area contributed by atoms with E-state index in [9.17, 15) is 4.79 Å². The van der Waals surface area contributed by atoms with E-state index in [1.54, 1.807) is 6.07 Å². The van der Waals surface area contributed by atoms with Crippen molar-refractivity contribution in [3.05, 3.63) is 34.4 Å². The van der Waals surface area contributed by atoms with E-state index >= 15 is 0 Å². The number of ether oxygens (including phenoxy) is 1. The average Bonchev–Trinajstić information content (AvgIpc) is 2.71. The lowest BCUT2D eigenvalue weighted by molar-refractivity contribution is 0.0603. The molecule has 3 nitrogen and oxygen atoms in total. The maximum Gasteiger partial charge on any atom is 0.338 e. The fraction of sp³-hybridized carbons (Fsp3) is 0.308. The highest BCUT2D eigenvalue weighted by atomic mass is 79.9. The van der Waals surface area contributed by atoms with Crippen molar-refractivity contribution in [1.82, 2.24) is 4.57 Å². The first-order valence-electron chi connectivity index (χ1n) is 5.54. The number of aromatic nitrogens is 1. The summed E-state index contributed by atoms with van der Waals surface area (Å²) in [5, 5.41) is 0.938. The zero-order valence-electron chi connectivity index (χ0n) is 9.87. The second-order valence-electron chi connectivity index (χ2n) is 3.89. The van der Waals surface area contributed by atoms with Crippen molar-refractivity contribution in [2.24, 2.45) is 0 Å². The summed E-state index contributed by atoms with van der Waals surface area (Å²) in [7, 11) is 1.40. The lowest BCUT2D eigenvalue weighted by Crippen LogP contribution is -2.02. The summed E-state index contributed by atoms with van der Waals surface area (Å²) in [6.45, 7) is 3.08. The van der Waals surface area contributed by atoms with E-state index < -0.39 is 0 Å². The Morgan fingerprint density at radius 3 is 2.88 bits per heavy atom. The maximum atomic E-state index is 11.7. The van der Waals surface area contributed by atoms with Crippen molar-refractivity contribution in [3.8, 4) is 0 Å². The zero-order chi connectivity index (χ0) is 12.4. The summed E-state index contributed by atoms with van der Waals surface area (Å²) < 4.78 is 7.84. The standard InChI is InChI=1S/C13H14BrNO2/c1-3-5-15-6-4-10-11(13(16)17-2)7-9(14)8-12(10)15/h4,6-8H,3,5H2,1-2H3. The Morgan fingerprint density at radius 1 is 1.47 bits per heavy atom. The van der Waals surface area contributed by atoms with Gasteiger partial charge in [0.15, 0.2) is 0 Å². The van der Waals surface area contributed by atoms with Crippen LogP contribution in [0.25, 0.3) is 10.9 Å². The fourth-order valence-electron chi connectivity index (χ4n) is 1.98. The Labute approximate surface area is 108 Å². The van der Waals surface area contributed by atoms with E-state index in [1.807, 2.05) is 18.3 Å².